The topological polar surface area (TPSA) is 55.7 Å². The Morgan fingerprint density at radius 2 is 1.83 bits per heavy atom. The molecule has 6 unspecified atom stereocenters. The third-order valence-electron chi connectivity index (χ3n) is 8.22. The standard InChI is InChI=1S/C20H29NO3/c1-19-8-6-12(22)10-16(19)17(21-24-3)11-13-14-4-5-18(23)20(14,2)9-7-15(13)19/h13-16H,4-11H2,1-3H3. The van der Waals surface area contributed by atoms with Gasteiger partial charge in [0.05, 0.1) is 5.71 Å². The van der Waals surface area contributed by atoms with Crippen LogP contribution < -0.4 is 0 Å². The molecule has 0 aromatic heterocycles. The number of hydrogen-bond donors (Lipinski definition) is 0. The Morgan fingerprint density at radius 3 is 2.58 bits per heavy atom. The van der Waals surface area contributed by atoms with Crippen molar-refractivity contribution in [2.24, 2.45) is 39.7 Å². The first-order chi connectivity index (χ1) is 11.4. The fourth-order valence-electron chi connectivity index (χ4n) is 6.85. The Kier molecular flexibility index (Phi) is 3.67. The van der Waals surface area contributed by atoms with Crippen molar-refractivity contribution in [1.82, 2.24) is 0 Å². The van der Waals surface area contributed by atoms with Gasteiger partial charge in [-0.25, -0.2) is 0 Å². The summed E-state index contributed by atoms with van der Waals surface area (Å²) in [6, 6.07) is 0. The molecule has 0 aromatic rings. The average Bonchev–Trinajstić information content (AvgIpc) is 2.85. The van der Waals surface area contributed by atoms with E-state index in [1.54, 1.807) is 7.11 Å². The molecule has 24 heavy (non-hydrogen) atoms. The zero-order valence-corrected chi connectivity index (χ0v) is 15.1. The lowest BCUT2D eigenvalue weighted by Gasteiger charge is -2.59. The summed E-state index contributed by atoms with van der Waals surface area (Å²) in [7, 11) is 1.60. The molecule has 0 N–H and O–H groups in total. The van der Waals surface area contributed by atoms with Crippen molar-refractivity contribution < 1.29 is 14.4 Å². The minimum atomic E-state index is -0.118. The Hall–Kier alpha value is -1.19. The summed E-state index contributed by atoms with van der Waals surface area (Å²) >= 11 is 0. The van der Waals surface area contributed by atoms with E-state index in [9.17, 15) is 9.59 Å². The number of hydrogen-bond acceptors (Lipinski definition) is 4. The van der Waals surface area contributed by atoms with Crippen LogP contribution in [0, 0.1) is 34.5 Å². The van der Waals surface area contributed by atoms with Gasteiger partial charge in [0, 0.05) is 30.6 Å². The van der Waals surface area contributed by atoms with Crippen molar-refractivity contribution in [2.45, 2.75) is 65.2 Å². The number of carbonyl (C=O) groups is 2. The normalized spacial score (nSPS) is 49.5. The molecule has 4 heteroatoms. The molecule has 4 nitrogen and oxygen atoms in total. The minimum absolute atomic E-state index is 0.118. The minimum Gasteiger partial charge on any atom is -0.399 e. The average molecular weight is 331 g/mol. The van der Waals surface area contributed by atoms with Gasteiger partial charge in [-0.1, -0.05) is 19.0 Å². The van der Waals surface area contributed by atoms with E-state index in [2.05, 4.69) is 19.0 Å². The van der Waals surface area contributed by atoms with Crippen LogP contribution in [0.5, 0.6) is 0 Å². The van der Waals surface area contributed by atoms with Crippen LogP contribution in [0.15, 0.2) is 5.16 Å². The molecule has 0 heterocycles. The predicted octanol–water partition coefficient (Wildman–Crippen LogP) is 3.78. The highest BCUT2D eigenvalue weighted by Gasteiger charge is 2.61. The van der Waals surface area contributed by atoms with Crippen molar-refractivity contribution >= 4 is 17.3 Å². The lowest BCUT2D eigenvalue weighted by atomic mass is 9.45. The lowest BCUT2D eigenvalue weighted by Crippen LogP contribution is -2.56. The Balaban J connectivity index is 1.74. The van der Waals surface area contributed by atoms with Crippen LogP contribution in [-0.4, -0.2) is 24.4 Å². The van der Waals surface area contributed by atoms with Crippen LogP contribution >= 0.6 is 0 Å². The van der Waals surface area contributed by atoms with E-state index >= 15 is 0 Å². The maximum Gasteiger partial charge on any atom is 0.139 e. The molecule has 0 saturated heterocycles. The van der Waals surface area contributed by atoms with Crippen molar-refractivity contribution in [3.05, 3.63) is 0 Å². The summed E-state index contributed by atoms with van der Waals surface area (Å²) in [4.78, 5) is 29.8. The number of ketones is 2. The molecule has 4 fully saturated rings. The van der Waals surface area contributed by atoms with Gasteiger partial charge in [-0.15, -0.1) is 0 Å². The predicted molar refractivity (Wildman–Crippen MR) is 91.6 cm³/mol. The summed E-state index contributed by atoms with van der Waals surface area (Å²) < 4.78 is 0. The highest BCUT2D eigenvalue weighted by Crippen LogP contribution is 2.64. The van der Waals surface area contributed by atoms with E-state index in [4.69, 9.17) is 4.84 Å². The first-order valence-corrected chi connectivity index (χ1v) is 9.55. The molecule has 4 saturated carbocycles. The molecule has 4 rings (SSSR count). The van der Waals surface area contributed by atoms with Crippen LogP contribution in [0.2, 0.25) is 0 Å². The first-order valence-electron chi connectivity index (χ1n) is 9.55. The fraction of sp³-hybridized carbons (Fsp3) is 0.850. The molecule has 4 aliphatic carbocycles. The van der Waals surface area contributed by atoms with E-state index < -0.39 is 0 Å². The quantitative estimate of drug-likeness (QED) is 0.687. The maximum atomic E-state index is 12.5. The van der Waals surface area contributed by atoms with Crippen LogP contribution in [0.1, 0.15) is 65.2 Å². The molecule has 132 valence electrons. The van der Waals surface area contributed by atoms with Crippen LogP contribution in [0.3, 0.4) is 0 Å². The third-order valence-corrected chi connectivity index (χ3v) is 8.22. The second-order valence-electron chi connectivity index (χ2n) is 9.07. The fourth-order valence-corrected chi connectivity index (χ4v) is 6.85. The highest BCUT2D eigenvalue weighted by molar-refractivity contribution is 5.94. The number of oxime groups is 1. The van der Waals surface area contributed by atoms with Gasteiger partial charge in [-0.05, 0) is 55.3 Å². The van der Waals surface area contributed by atoms with Gasteiger partial charge in [0.25, 0.3) is 0 Å². The first kappa shape index (κ1) is 16.3. The van der Waals surface area contributed by atoms with Crippen molar-refractivity contribution in [3.8, 4) is 0 Å². The molecular formula is C20H29NO3. The Bertz CT molecular complexity index is 612. The highest BCUT2D eigenvalue weighted by atomic mass is 16.6. The SMILES string of the molecule is CON=C1CC2C3CCC(=O)C3(C)CCC2C2(C)CCC(=O)CC12. The van der Waals surface area contributed by atoms with E-state index in [0.717, 1.165) is 44.2 Å². The van der Waals surface area contributed by atoms with E-state index in [1.165, 1.54) is 0 Å². The molecule has 0 aromatic carbocycles. The second-order valence-corrected chi connectivity index (χ2v) is 9.07. The van der Waals surface area contributed by atoms with Gasteiger partial charge >= 0.3 is 0 Å². The molecule has 6 atom stereocenters. The monoisotopic (exact) mass is 331 g/mol. The summed E-state index contributed by atoms with van der Waals surface area (Å²) in [6.07, 6.45) is 7.17. The second kappa shape index (κ2) is 5.40. The van der Waals surface area contributed by atoms with Gasteiger partial charge in [-0.2, -0.15) is 0 Å². The van der Waals surface area contributed by atoms with Crippen LogP contribution in [0.4, 0.5) is 0 Å². The van der Waals surface area contributed by atoms with Gasteiger partial charge in [0.2, 0.25) is 0 Å². The van der Waals surface area contributed by atoms with Gasteiger partial charge in [-0.3, -0.25) is 9.59 Å². The number of rotatable bonds is 1. The smallest absolute Gasteiger partial charge is 0.139 e. The molecule has 0 radical (unpaired) electrons. The number of nitrogens with zero attached hydrogens (tertiary/aromatic N) is 1. The van der Waals surface area contributed by atoms with E-state index in [0.29, 0.717) is 42.2 Å². The van der Waals surface area contributed by atoms with Gasteiger partial charge < -0.3 is 4.84 Å². The molecule has 0 amide bonds. The van der Waals surface area contributed by atoms with Gasteiger partial charge in [0.15, 0.2) is 0 Å². The zero-order valence-electron chi connectivity index (χ0n) is 15.1. The van der Waals surface area contributed by atoms with E-state index in [-0.39, 0.29) is 16.7 Å². The van der Waals surface area contributed by atoms with Crippen LogP contribution in [0.25, 0.3) is 0 Å². The molecule has 0 bridgehead atoms. The van der Waals surface area contributed by atoms with Crippen molar-refractivity contribution in [2.75, 3.05) is 7.11 Å². The molecular weight excluding hydrogens is 302 g/mol. The summed E-state index contributed by atoms with van der Waals surface area (Å²) in [5, 5.41) is 4.37. The number of Topliss-reactive ketones (excluding diaryl/α,β-unsaturated/α-hetero) is 2. The molecule has 4 aliphatic rings. The van der Waals surface area contributed by atoms with Crippen molar-refractivity contribution in [3.63, 3.8) is 0 Å². The summed E-state index contributed by atoms with van der Waals surface area (Å²) in [6.45, 7) is 4.58. The van der Waals surface area contributed by atoms with Crippen LogP contribution in [-0.2, 0) is 14.4 Å². The van der Waals surface area contributed by atoms with E-state index in [1.807, 2.05) is 0 Å². The molecule has 0 spiro atoms. The lowest BCUT2D eigenvalue weighted by molar-refractivity contribution is -0.136. The summed E-state index contributed by atoms with van der Waals surface area (Å²) in [5.74, 6) is 2.72. The number of fused-ring (bicyclic) bond motifs is 5. The summed E-state index contributed by atoms with van der Waals surface area (Å²) in [5.41, 5.74) is 1.10. The largest absolute Gasteiger partial charge is 0.399 e. The Morgan fingerprint density at radius 1 is 1.04 bits per heavy atom. The zero-order chi connectivity index (χ0) is 17.1. The maximum absolute atomic E-state index is 12.5. The number of carbonyl (C=O) groups excluding carboxylic acids is 2. The molecule has 0 aliphatic heterocycles. The Labute approximate surface area is 144 Å². The van der Waals surface area contributed by atoms with Crippen molar-refractivity contribution in [1.29, 1.82) is 0 Å². The van der Waals surface area contributed by atoms with Gasteiger partial charge in [0.1, 0.15) is 18.7 Å². The third kappa shape index (κ3) is 2.07.